The Hall–Kier alpha value is -1.72. The minimum absolute atomic E-state index is 0.166. The van der Waals surface area contributed by atoms with Crippen molar-refractivity contribution in [3.05, 3.63) is 35.9 Å². The molecule has 2 saturated heterocycles. The van der Waals surface area contributed by atoms with Gasteiger partial charge in [0.2, 0.25) is 0 Å². The van der Waals surface area contributed by atoms with Crippen LogP contribution in [0.1, 0.15) is 42.5 Å². The number of likely N-dealkylation sites (tertiary alicyclic amines) is 1. The van der Waals surface area contributed by atoms with Crippen molar-refractivity contribution in [2.75, 3.05) is 26.2 Å². The molecule has 0 saturated carbocycles. The molecule has 2 aliphatic heterocycles. The number of piperidine rings is 1. The first-order valence-electron chi connectivity index (χ1n) is 8.85. The van der Waals surface area contributed by atoms with Crippen LogP contribution in [0.4, 0.5) is 0 Å². The zero-order chi connectivity index (χ0) is 17.0. The van der Waals surface area contributed by atoms with Crippen LogP contribution in [0.15, 0.2) is 30.3 Å². The molecule has 130 valence electrons. The first kappa shape index (κ1) is 17.1. The van der Waals surface area contributed by atoms with Crippen molar-refractivity contribution < 1.29 is 14.7 Å². The Kier molecular flexibility index (Phi) is 5.31. The normalized spacial score (nSPS) is 23.4. The predicted molar refractivity (Wildman–Crippen MR) is 92.2 cm³/mol. The molecule has 2 N–H and O–H groups in total. The molecule has 0 radical (unpaired) electrons. The minimum Gasteiger partial charge on any atom is -0.480 e. The van der Waals surface area contributed by atoms with Crippen LogP contribution in [-0.2, 0) is 4.79 Å². The number of carbonyl (C=O) groups excluding carboxylic acids is 1. The molecule has 2 fully saturated rings. The molecular formula is C19H26N2O3. The fourth-order valence-electron chi connectivity index (χ4n) is 3.96. The summed E-state index contributed by atoms with van der Waals surface area (Å²) in [5.41, 5.74) is 0.964. The van der Waals surface area contributed by atoms with E-state index in [1.54, 1.807) is 0 Å². The summed E-state index contributed by atoms with van der Waals surface area (Å²) in [7, 11) is 0. The van der Waals surface area contributed by atoms with Crippen molar-refractivity contribution in [2.24, 2.45) is 5.41 Å². The van der Waals surface area contributed by atoms with E-state index in [-0.39, 0.29) is 17.2 Å². The standard InChI is InChI=1S/C19H26N2O3/c22-17(15-5-2-1-3-6-15)7-4-10-21-11-8-19(9-12-21)13-16(18(23)24)20-14-19/h1-3,5-6,16,20H,4,7-14H2,(H,23,24). The first-order chi connectivity index (χ1) is 11.6. The summed E-state index contributed by atoms with van der Waals surface area (Å²) < 4.78 is 0. The average Bonchev–Trinajstić information content (AvgIpc) is 3.02. The fourth-order valence-corrected chi connectivity index (χ4v) is 3.96. The van der Waals surface area contributed by atoms with Crippen molar-refractivity contribution in [3.8, 4) is 0 Å². The van der Waals surface area contributed by atoms with E-state index in [2.05, 4.69) is 10.2 Å². The fraction of sp³-hybridized carbons (Fsp3) is 0.579. The van der Waals surface area contributed by atoms with Gasteiger partial charge in [-0.05, 0) is 50.7 Å². The highest BCUT2D eigenvalue weighted by molar-refractivity contribution is 5.95. The lowest BCUT2D eigenvalue weighted by Crippen LogP contribution is -2.41. The molecule has 24 heavy (non-hydrogen) atoms. The molecule has 5 heteroatoms. The summed E-state index contributed by atoms with van der Waals surface area (Å²) in [6.45, 7) is 3.79. The smallest absolute Gasteiger partial charge is 0.320 e. The number of hydrogen-bond donors (Lipinski definition) is 2. The Morgan fingerprint density at radius 2 is 1.92 bits per heavy atom. The van der Waals surface area contributed by atoms with Gasteiger partial charge in [0.15, 0.2) is 5.78 Å². The summed E-state index contributed by atoms with van der Waals surface area (Å²) in [6.07, 6.45) is 4.33. The van der Waals surface area contributed by atoms with Crippen molar-refractivity contribution in [1.82, 2.24) is 10.2 Å². The number of hydrogen-bond acceptors (Lipinski definition) is 4. The van der Waals surface area contributed by atoms with Crippen LogP contribution >= 0.6 is 0 Å². The van der Waals surface area contributed by atoms with Crippen molar-refractivity contribution in [2.45, 2.75) is 38.1 Å². The molecule has 1 aromatic carbocycles. The van der Waals surface area contributed by atoms with E-state index in [4.69, 9.17) is 5.11 Å². The minimum atomic E-state index is -0.728. The van der Waals surface area contributed by atoms with Crippen molar-refractivity contribution in [1.29, 1.82) is 0 Å². The Bertz CT molecular complexity index is 580. The van der Waals surface area contributed by atoms with Gasteiger partial charge in [0, 0.05) is 18.5 Å². The highest BCUT2D eigenvalue weighted by Gasteiger charge is 2.43. The Labute approximate surface area is 143 Å². The molecule has 1 aromatic rings. The van der Waals surface area contributed by atoms with Crippen LogP contribution in [-0.4, -0.2) is 54.0 Å². The second-order valence-electron chi connectivity index (χ2n) is 7.21. The van der Waals surface area contributed by atoms with Gasteiger partial charge >= 0.3 is 5.97 Å². The van der Waals surface area contributed by atoms with E-state index in [0.29, 0.717) is 6.42 Å². The van der Waals surface area contributed by atoms with Gasteiger partial charge in [-0.25, -0.2) is 0 Å². The van der Waals surface area contributed by atoms with E-state index >= 15 is 0 Å². The summed E-state index contributed by atoms with van der Waals surface area (Å²) in [6, 6.07) is 9.10. The largest absolute Gasteiger partial charge is 0.480 e. The number of nitrogens with zero attached hydrogens (tertiary/aromatic N) is 1. The third kappa shape index (κ3) is 4.02. The van der Waals surface area contributed by atoms with Crippen LogP contribution in [0.3, 0.4) is 0 Å². The molecule has 0 amide bonds. The summed E-state index contributed by atoms with van der Waals surface area (Å²) in [5.74, 6) is -0.512. The first-order valence-corrected chi connectivity index (χ1v) is 8.85. The van der Waals surface area contributed by atoms with Crippen LogP contribution in [0, 0.1) is 5.41 Å². The van der Waals surface area contributed by atoms with Gasteiger partial charge in [-0.2, -0.15) is 0 Å². The van der Waals surface area contributed by atoms with Crippen molar-refractivity contribution >= 4 is 11.8 Å². The van der Waals surface area contributed by atoms with Gasteiger partial charge in [-0.1, -0.05) is 30.3 Å². The predicted octanol–water partition coefficient (Wildman–Crippen LogP) is 2.18. The summed E-state index contributed by atoms with van der Waals surface area (Å²) in [4.78, 5) is 25.6. The van der Waals surface area contributed by atoms with Gasteiger partial charge in [0.25, 0.3) is 0 Å². The number of ketones is 1. The van der Waals surface area contributed by atoms with Crippen LogP contribution in [0.2, 0.25) is 0 Å². The lowest BCUT2D eigenvalue weighted by Gasteiger charge is -2.39. The van der Waals surface area contributed by atoms with Gasteiger partial charge in [-0.3, -0.25) is 9.59 Å². The number of carboxylic acid groups (broad SMARTS) is 1. The van der Waals surface area contributed by atoms with Gasteiger partial charge in [-0.15, -0.1) is 0 Å². The monoisotopic (exact) mass is 330 g/mol. The van der Waals surface area contributed by atoms with E-state index in [1.165, 1.54) is 0 Å². The van der Waals surface area contributed by atoms with Crippen molar-refractivity contribution in [3.63, 3.8) is 0 Å². The molecule has 0 aromatic heterocycles. The lowest BCUT2D eigenvalue weighted by atomic mass is 9.76. The lowest BCUT2D eigenvalue weighted by molar-refractivity contribution is -0.139. The maximum atomic E-state index is 12.1. The molecule has 1 unspecified atom stereocenters. The number of rotatable bonds is 6. The van der Waals surface area contributed by atoms with E-state index < -0.39 is 5.97 Å². The third-order valence-electron chi connectivity index (χ3n) is 5.55. The second kappa shape index (κ2) is 7.45. The zero-order valence-electron chi connectivity index (χ0n) is 14.0. The molecular weight excluding hydrogens is 304 g/mol. The van der Waals surface area contributed by atoms with Gasteiger partial charge in [0.1, 0.15) is 6.04 Å². The number of aliphatic carboxylic acids is 1. The van der Waals surface area contributed by atoms with E-state index in [1.807, 2.05) is 30.3 Å². The Morgan fingerprint density at radius 3 is 2.54 bits per heavy atom. The number of nitrogens with one attached hydrogen (secondary N) is 1. The maximum Gasteiger partial charge on any atom is 0.320 e. The molecule has 2 heterocycles. The van der Waals surface area contributed by atoms with Gasteiger partial charge < -0.3 is 15.3 Å². The molecule has 3 rings (SSSR count). The number of carbonyl (C=O) groups is 2. The van der Waals surface area contributed by atoms with Crippen LogP contribution in [0.5, 0.6) is 0 Å². The summed E-state index contributed by atoms with van der Waals surface area (Å²) >= 11 is 0. The molecule has 5 nitrogen and oxygen atoms in total. The zero-order valence-corrected chi connectivity index (χ0v) is 14.0. The SMILES string of the molecule is O=C(CCCN1CCC2(CC1)CNC(C(=O)O)C2)c1ccccc1. The number of carboxylic acids is 1. The van der Waals surface area contributed by atoms with Crippen LogP contribution < -0.4 is 5.32 Å². The quantitative estimate of drug-likeness (QED) is 0.783. The molecule has 0 aliphatic carbocycles. The molecule has 2 aliphatic rings. The Morgan fingerprint density at radius 1 is 1.21 bits per heavy atom. The van der Waals surface area contributed by atoms with E-state index in [0.717, 1.165) is 57.4 Å². The number of benzene rings is 1. The van der Waals surface area contributed by atoms with E-state index in [9.17, 15) is 9.59 Å². The van der Waals surface area contributed by atoms with Crippen LogP contribution in [0.25, 0.3) is 0 Å². The Balaban J connectivity index is 1.39. The third-order valence-corrected chi connectivity index (χ3v) is 5.55. The summed E-state index contributed by atoms with van der Waals surface area (Å²) in [5, 5.41) is 12.3. The molecule has 1 spiro atoms. The van der Waals surface area contributed by atoms with Gasteiger partial charge in [0.05, 0.1) is 0 Å². The second-order valence-corrected chi connectivity index (χ2v) is 7.21. The average molecular weight is 330 g/mol. The highest BCUT2D eigenvalue weighted by atomic mass is 16.4. The highest BCUT2D eigenvalue weighted by Crippen LogP contribution is 2.39. The molecule has 1 atom stereocenters. The maximum absolute atomic E-state index is 12.1. The number of Topliss-reactive ketones (excluding diaryl/α,β-unsaturated/α-hetero) is 1. The molecule has 0 bridgehead atoms. The topological polar surface area (TPSA) is 69.6 Å².